The van der Waals surface area contributed by atoms with Crippen molar-refractivity contribution in [1.82, 2.24) is 0 Å². The lowest BCUT2D eigenvalue weighted by atomic mass is 9.84. The third-order valence-corrected chi connectivity index (χ3v) is 6.08. The fourth-order valence-corrected chi connectivity index (χ4v) is 3.99. The summed E-state index contributed by atoms with van der Waals surface area (Å²) in [7, 11) is 0. The fourth-order valence-electron chi connectivity index (χ4n) is 3.99. The van der Waals surface area contributed by atoms with E-state index in [0.717, 1.165) is 30.4 Å². The molecule has 0 heterocycles. The second-order valence-electron chi connectivity index (χ2n) is 9.93. The standard InChI is InChI=1S/C27H46O3/c1-5-6-7-8-9-10-11-12-13-14-15-16-17-18-19-22-20-23(27(2,3)4)21-24(25(22)28)26(29)30/h20-21,28H,5-19H2,1-4H3,(H,29,30). The predicted octanol–water partition coefficient (Wildman–Crippen LogP) is 8.41. The first-order valence-corrected chi connectivity index (χ1v) is 12.4. The van der Waals surface area contributed by atoms with Crippen molar-refractivity contribution in [2.24, 2.45) is 0 Å². The van der Waals surface area contributed by atoms with Gasteiger partial charge in [0.2, 0.25) is 0 Å². The quantitative estimate of drug-likeness (QED) is 0.265. The Bertz CT molecular complexity index is 613. The predicted molar refractivity (Wildman–Crippen MR) is 128 cm³/mol. The Balaban J connectivity index is 2.22. The molecular formula is C27H46O3. The lowest BCUT2D eigenvalue weighted by molar-refractivity contribution is 0.0693. The maximum atomic E-state index is 11.5. The highest BCUT2D eigenvalue weighted by atomic mass is 16.4. The Labute approximate surface area is 185 Å². The monoisotopic (exact) mass is 418 g/mol. The van der Waals surface area contributed by atoms with Gasteiger partial charge >= 0.3 is 5.97 Å². The van der Waals surface area contributed by atoms with Crippen molar-refractivity contribution in [2.75, 3.05) is 0 Å². The van der Waals surface area contributed by atoms with Crippen LogP contribution in [0.4, 0.5) is 0 Å². The molecule has 0 aliphatic heterocycles. The van der Waals surface area contributed by atoms with Gasteiger partial charge in [-0.1, -0.05) is 117 Å². The van der Waals surface area contributed by atoms with Crippen molar-refractivity contribution in [2.45, 2.75) is 129 Å². The third kappa shape index (κ3) is 10.5. The zero-order valence-electron chi connectivity index (χ0n) is 20.1. The SMILES string of the molecule is CCCCCCCCCCCCCCCCc1cc(C(C)(C)C)cc(C(=O)O)c1O. The maximum absolute atomic E-state index is 11.5. The second kappa shape index (κ2) is 14.5. The van der Waals surface area contributed by atoms with Gasteiger partial charge in [-0.25, -0.2) is 4.79 Å². The van der Waals surface area contributed by atoms with Crippen LogP contribution in [-0.4, -0.2) is 16.2 Å². The number of hydrogen-bond donors (Lipinski definition) is 2. The summed E-state index contributed by atoms with van der Waals surface area (Å²) in [6.07, 6.45) is 19.2. The number of rotatable bonds is 16. The van der Waals surface area contributed by atoms with E-state index in [4.69, 9.17) is 0 Å². The van der Waals surface area contributed by atoms with Gasteiger partial charge in [0.05, 0.1) is 0 Å². The molecular weight excluding hydrogens is 372 g/mol. The molecule has 0 radical (unpaired) electrons. The van der Waals surface area contributed by atoms with E-state index in [-0.39, 0.29) is 16.7 Å². The Hall–Kier alpha value is -1.51. The molecule has 2 N–H and O–H groups in total. The van der Waals surface area contributed by atoms with Crippen LogP contribution in [-0.2, 0) is 11.8 Å². The molecule has 0 atom stereocenters. The smallest absolute Gasteiger partial charge is 0.339 e. The van der Waals surface area contributed by atoms with Crippen molar-refractivity contribution in [3.63, 3.8) is 0 Å². The lowest BCUT2D eigenvalue weighted by Crippen LogP contribution is -2.13. The van der Waals surface area contributed by atoms with Gasteiger partial charge in [-0.2, -0.15) is 0 Å². The van der Waals surface area contributed by atoms with Gasteiger partial charge in [0.25, 0.3) is 0 Å². The number of phenols is 1. The van der Waals surface area contributed by atoms with Crippen LogP contribution in [0.25, 0.3) is 0 Å². The van der Waals surface area contributed by atoms with E-state index < -0.39 is 5.97 Å². The highest BCUT2D eigenvalue weighted by Gasteiger charge is 2.21. The first kappa shape index (κ1) is 26.5. The highest BCUT2D eigenvalue weighted by Crippen LogP contribution is 2.32. The largest absolute Gasteiger partial charge is 0.507 e. The van der Waals surface area contributed by atoms with E-state index in [1.54, 1.807) is 6.07 Å². The minimum atomic E-state index is -1.05. The number of carbonyl (C=O) groups is 1. The normalized spacial score (nSPS) is 11.7. The van der Waals surface area contributed by atoms with E-state index in [1.807, 2.05) is 6.07 Å². The Morgan fingerprint density at radius 3 is 1.60 bits per heavy atom. The average Bonchev–Trinajstić information content (AvgIpc) is 2.68. The molecule has 0 saturated carbocycles. The van der Waals surface area contributed by atoms with Crippen molar-refractivity contribution < 1.29 is 15.0 Å². The Morgan fingerprint density at radius 2 is 1.20 bits per heavy atom. The van der Waals surface area contributed by atoms with E-state index in [2.05, 4.69) is 27.7 Å². The van der Waals surface area contributed by atoms with E-state index >= 15 is 0 Å². The van der Waals surface area contributed by atoms with Crippen LogP contribution in [0.2, 0.25) is 0 Å². The minimum absolute atomic E-state index is 0.0304. The van der Waals surface area contributed by atoms with Crippen LogP contribution >= 0.6 is 0 Å². The Kier molecular flexibility index (Phi) is 12.8. The molecule has 0 aliphatic carbocycles. The second-order valence-corrected chi connectivity index (χ2v) is 9.93. The first-order chi connectivity index (χ1) is 14.3. The molecule has 1 rings (SSSR count). The molecule has 3 nitrogen and oxygen atoms in total. The lowest BCUT2D eigenvalue weighted by Gasteiger charge is -2.21. The molecule has 0 aromatic heterocycles. The summed E-state index contributed by atoms with van der Waals surface area (Å²) in [4.78, 5) is 11.5. The Morgan fingerprint density at radius 1 is 0.767 bits per heavy atom. The minimum Gasteiger partial charge on any atom is -0.507 e. The van der Waals surface area contributed by atoms with Gasteiger partial charge in [0, 0.05) is 0 Å². The number of aromatic carboxylic acids is 1. The number of carboxylic acids is 1. The van der Waals surface area contributed by atoms with Crippen LogP contribution in [0.1, 0.15) is 139 Å². The van der Waals surface area contributed by atoms with Crippen LogP contribution in [0, 0.1) is 0 Å². The average molecular weight is 419 g/mol. The first-order valence-electron chi connectivity index (χ1n) is 12.4. The van der Waals surface area contributed by atoms with E-state index in [0.29, 0.717) is 0 Å². The molecule has 0 aliphatic rings. The van der Waals surface area contributed by atoms with Gasteiger partial charge in [-0.05, 0) is 35.4 Å². The van der Waals surface area contributed by atoms with Crippen LogP contribution in [0.15, 0.2) is 12.1 Å². The molecule has 0 spiro atoms. The molecule has 1 aromatic carbocycles. The summed E-state index contributed by atoms with van der Waals surface area (Å²) in [6, 6.07) is 3.61. The maximum Gasteiger partial charge on any atom is 0.339 e. The molecule has 1 aromatic rings. The van der Waals surface area contributed by atoms with Gasteiger partial charge in [0.1, 0.15) is 11.3 Å². The van der Waals surface area contributed by atoms with Crippen molar-refractivity contribution >= 4 is 5.97 Å². The highest BCUT2D eigenvalue weighted by molar-refractivity contribution is 5.91. The van der Waals surface area contributed by atoms with Gasteiger partial charge in [-0.15, -0.1) is 0 Å². The van der Waals surface area contributed by atoms with E-state index in [9.17, 15) is 15.0 Å². The molecule has 0 amide bonds. The zero-order chi connectivity index (χ0) is 22.4. The zero-order valence-corrected chi connectivity index (χ0v) is 20.1. The van der Waals surface area contributed by atoms with Crippen molar-refractivity contribution in [3.05, 3.63) is 28.8 Å². The van der Waals surface area contributed by atoms with Gasteiger partial charge in [-0.3, -0.25) is 0 Å². The number of hydrogen-bond acceptors (Lipinski definition) is 2. The molecule has 0 unspecified atom stereocenters. The number of benzene rings is 1. The number of aryl methyl sites for hydroxylation is 1. The molecule has 172 valence electrons. The van der Waals surface area contributed by atoms with Gasteiger partial charge in [0.15, 0.2) is 0 Å². The number of aromatic hydroxyl groups is 1. The van der Waals surface area contributed by atoms with Crippen molar-refractivity contribution in [1.29, 1.82) is 0 Å². The summed E-state index contributed by atoms with van der Waals surface area (Å²) in [6.45, 7) is 8.48. The fraction of sp³-hybridized carbons (Fsp3) is 0.741. The molecule has 30 heavy (non-hydrogen) atoms. The molecule has 0 bridgehead atoms. The number of carboxylic acid groups (broad SMARTS) is 1. The topological polar surface area (TPSA) is 57.5 Å². The van der Waals surface area contributed by atoms with E-state index in [1.165, 1.54) is 77.0 Å². The van der Waals surface area contributed by atoms with Crippen LogP contribution in [0.3, 0.4) is 0 Å². The molecule has 3 heteroatoms. The number of unbranched alkanes of at least 4 members (excludes halogenated alkanes) is 13. The summed E-state index contributed by atoms with van der Waals surface area (Å²) in [5.41, 5.74) is 1.64. The van der Waals surface area contributed by atoms with Crippen LogP contribution in [0.5, 0.6) is 5.75 Å². The summed E-state index contributed by atoms with van der Waals surface area (Å²) in [5.74, 6) is -1.11. The van der Waals surface area contributed by atoms with Gasteiger partial charge < -0.3 is 10.2 Å². The molecule has 0 fully saturated rings. The molecule has 0 saturated heterocycles. The summed E-state index contributed by atoms with van der Waals surface area (Å²) in [5, 5.41) is 19.8. The van der Waals surface area contributed by atoms with Crippen LogP contribution < -0.4 is 0 Å². The summed E-state index contributed by atoms with van der Waals surface area (Å²) < 4.78 is 0. The summed E-state index contributed by atoms with van der Waals surface area (Å²) >= 11 is 0. The third-order valence-electron chi connectivity index (χ3n) is 6.08. The van der Waals surface area contributed by atoms with Crippen molar-refractivity contribution in [3.8, 4) is 5.75 Å².